The van der Waals surface area contributed by atoms with Gasteiger partial charge in [-0.25, -0.2) is 19.2 Å². The van der Waals surface area contributed by atoms with Crippen molar-refractivity contribution in [2.45, 2.75) is 25.7 Å². The van der Waals surface area contributed by atoms with Crippen LogP contribution in [-0.2, 0) is 23.8 Å². The van der Waals surface area contributed by atoms with Crippen molar-refractivity contribution in [3.8, 4) is 11.3 Å². The number of ether oxygens (including phenoxy) is 3. The number of carbonyl (C=O) groups is 3. The molecule has 2 heterocycles. The second kappa shape index (κ2) is 17.7. The average Bonchev–Trinajstić information content (AvgIpc) is 3.03. The lowest BCUT2D eigenvalue weighted by molar-refractivity contribution is -0.130. The second-order valence-electron chi connectivity index (χ2n) is 10.6. The minimum Gasteiger partial charge on any atom is -0.465 e. The maximum Gasteiger partial charge on any atom is 0.404 e. The first-order valence-electron chi connectivity index (χ1n) is 15.0. The molecule has 0 saturated carbocycles. The van der Waals surface area contributed by atoms with E-state index in [1.165, 1.54) is 12.1 Å². The maximum atomic E-state index is 13.9. The van der Waals surface area contributed by atoms with Gasteiger partial charge in [0.05, 0.1) is 38.7 Å². The third-order valence-electron chi connectivity index (χ3n) is 7.04. The van der Waals surface area contributed by atoms with Gasteiger partial charge < -0.3 is 40.2 Å². The fraction of sp³-hybridized carbons (Fsp3) is 0.406. The predicted molar refractivity (Wildman–Crippen MR) is 168 cm³/mol. The fourth-order valence-electron chi connectivity index (χ4n) is 4.80. The summed E-state index contributed by atoms with van der Waals surface area (Å²) in [4.78, 5) is 46.2. The zero-order valence-electron chi connectivity index (χ0n) is 25.7. The highest BCUT2D eigenvalue weighted by molar-refractivity contribution is 5.92. The van der Waals surface area contributed by atoms with Crippen LogP contribution in [0.4, 0.5) is 26.4 Å². The molecular formula is C32H39FN6O7. The average molecular weight is 639 g/mol. The van der Waals surface area contributed by atoms with Crippen LogP contribution < -0.4 is 16.0 Å². The predicted octanol–water partition coefficient (Wildman–Crippen LogP) is 4.01. The van der Waals surface area contributed by atoms with Gasteiger partial charge in [0.1, 0.15) is 24.1 Å². The summed E-state index contributed by atoms with van der Waals surface area (Å²) >= 11 is 0. The first-order valence-corrected chi connectivity index (χ1v) is 15.0. The number of likely N-dealkylation sites (tertiary alicyclic amines) is 1. The Morgan fingerprint density at radius 3 is 2.41 bits per heavy atom. The van der Waals surface area contributed by atoms with Gasteiger partial charge in [-0.05, 0) is 43.2 Å². The van der Waals surface area contributed by atoms with E-state index < -0.39 is 6.09 Å². The number of nitrogens with zero attached hydrogens (tertiary/aromatic N) is 3. The van der Waals surface area contributed by atoms with Crippen LogP contribution in [0.3, 0.4) is 0 Å². The van der Waals surface area contributed by atoms with E-state index in [0.29, 0.717) is 55.0 Å². The molecule has 1 aliphatic heterocycles. The molecule has 14 heteroatoms. The molecule has 3 amide bonds. The van der Waals surface area contributed by atoms with Crippen molar-refractivity contribution in [2.75, 3.05) is 69.9 Å². The van der Waals surface area contributed by atoms with Crippen LogP contribution in [0.5, 0.6) is 0 Å². The largest absolute Gasteiger partial charge is 0.465 e. The van der Waals surface area contributed by atoms with Crippen molar-refractivity contribution in [1.82, 2.24) is 20.2 Å². The number of nitrogens with one attached hydrogen (secondary N) is 3. The van der Waals surface area contributed by atoms with Crippen LogP contribution in [0.15, 0.2) is 54.6 Å². The highest BCUT2D eigenvalue weighted by Gasteiger charge is 2.26. The van der Waals surface area contributed by atoms with E-state index in [1.807, 2.05) is 12.1 Å². The molecule has 1 aromatic heterocycles. The minimum absolute atomic E-state index is 0.0156. The lowest BCUT2D eigenvalue weighted by Crippen LogP contribution is -2.38. The second-order valence-corrected chi connectivity index (χ2v) is 10.6. The highest BCUT2D eigenvalue weighted by atomic mass is 19.1. The van der Waals surface area contributed by atoms with Gasteiger partial charge in [-0.2, -0.15) is 0 Å². The molecule has 3 aromatic rings. The molecule has 1 saturated heterocycles. The highest BCUT2D eigenvalue weighted by Crippen LogP contribution is 2.30. The van der Waals surface area contributed by atoms with Crippen LogP contribution in [0.25, 0.3) is 11.3 Å². The molecular weight excluding hydrogens is 599 g/mol. The number of carbonyl (C=O) groups excluding carboxylic acids is 2. The van der Waals surface area contributed by atoms with E-state index in [4.69, 9.17) is 29.3 Å². The summed E-state index contributed by atoms with van der Waals surface area (Å²) in [5.74, 6) is 0.385. The van der Waals surface area contributed by atoms with Crippen molar-refractivity contribution in [2.24, 2.45) is 0 Å². The van der Waals surface area contributed by atoms with Crippen LogP contribution in [-0.4, -0.2) is 97.2 Å². The van der Waals surface area contributed by atoms with E-state index in [9.17, 15) is 18.8 Å². The number of aromatic nitrogens is 2. The molecule has 4 rings (SSSR count). The Balaban J connectivity index is 1.31. The molecule has 246 valence electrons. The number of hydrogen-bond acceptors (Lipinski definition) is 9. The zero-order chi connectivity index (χ0) is 32.7. The standard InChI is InChI=1S/C32H39FN6O7/c1-22(40)39-12-3-4-24(20-39)31-37-28(19-29(38-31)35-27-6-2-5-25(33)18-27)23-7-9-26(10-8-23)36-30(41)21-46-17-16-45-15-14-44-13-11-34-32(42)43/h2,5-10,18-19,24,34H,3-4,11-17,20-21H2,1H3,(H,36,41)(H,42,43)(H,35,37,38). The van der Waals surface area contributed by atoms with Gasteiger partial charge >= 0.3 is 6.09 Å². The summed E-state index contributed by atoms with van der Waals surface area (Å²) in [6, 6.07) is 15.1. The van der Waals surface area contributed by atoms with Crippen LogP contribution in [0.1, 0.15) is 31.5 Å². The summed E-state index contributed by atoms with van der Waals surface area (Å²) < 4.78 is 29.8. The van der Waals surface area contributed by atoms with Gasteiger partial charge in [0.2, 0.25) is 11.8 Å². The number of hydrogen-bond donors (Lipinski definition) is 4. The number of anilines is 3. The molecule has 1 unspecified atom stereocenters. The molecule has 4 N–H and O–H groups in total. The third-order valence-corrected chi connectivity index (χ3v) is 7.04. The minimum atomic E-state index is -1.10. The number of halogens is 1. The van der Waals surface area contributed by atoms with Gasteiger partial charge in [0.25, 0.3) is 0 Å². The molecule has 46 heavy (non-hydrogen) atoms. The van der Waals surface area contributed by atoms with E-state index in [0.717, 1.165) is 18.4 Å². The monoisotopic (exact) mass is 638 g/mol. The quantitative estimate of drug-likeness (QED) is 0.169. The Morgan fingerprint density at radius 1 is 0.957 bits per heavy atom. The Kier molecular flexibility index (Phi) is 13.2. The summed E-state index contributed by atoms with van der Waals surface area (Å²) in [7, 11) is 0. The normalized spacial score (nSPS) is 14.5. The lowest BCUT2D eigenvalue weighted by Gasteiger charge is -2.31. The first-order chi connectivity index (χ1) is 22.3. The Morgan fingerprint density at radius 2 is 1.70 bits per heavy atom. The van der Waals surface area contributed by atoms with Crippen molar-refractivity contribution in [3.05, 3.63) is 66.2 Å². The summed E-state index contributed by atoms with van der Waals surface area (Å²) in [6.07, 6.45) is 0.592. The number of piperidine rings is 1. The number of amides is 3. The molecule has 1 fully saturated rings. The first kappa shape index (κ1) is 34.2. The Labute approximate surface area is 266 Å². The van der Waals surface area contributed by atoms with Gasteiger partial charge in [-0.3, -0.25) is 9.59 Å². The summed E-state index contributed by atoms with van der Waals surface area (Å²) in [6.45, 7) is 4.25. The van der Waals surface area contributed by atoms with E-state index in [2.05, 4.69) is 16.0 Å². The van der Waals surface area contributed by atoms with Crippen LogP contribution >= 0.6 is 0 Å². The van der Waals surface area contributed by atoms with Gasteiger partial charge in [0, 0.05) is 55.5 Å². The van der Waals surface area contributed by atoms with Crippen molar-refractivity contribution in [1.29, 1.82) is 0 Å². The number of carboxylic acid groups (broad SMARTS) is 1. The maximum absolute atomic E-state index is 13.9. The molecule has 0 bridgehead atoms. The summed E-state index contributed by atoms with van der Waals surface area (Å²) in [5, 5.41) is 16.6. The smallest absolute Gasteiger partial charge is 0.404 e. The van der Waals surface area contributed by atoms with Crippen molar-refractivity contribution in [3.63, 3.8) is 0 Å². The molecule has 1 atom stereocenters. The van der Waals surface area contributed by atoms with Crippen LogP contribution in [0, 0.1) is 5.82 Å². The van der Waals surface area contributed by atoms with E-state index >= 15 is 0 Å². The lowest BCUT2D eigenvalue weighted by atomic mass is 9.96. The topological polar surface area (TPSA) is 164 Å². The van der Waals surface area contributed by atoms with E-state index in [1.54, 1.807) is 42.2 Å². The Bertz CT molecular complexity index is 1460. The van der Waals surface area contributed by atoms with Gasteiger partial charge in [0.15, 0.2) is 0 Å². The van der Waals surface area contributed by atoms with Crippen molar-refractivity contribution >= 4 is 35.1 Å². The SMILES string of the molecule is CC(=O)N1CCCC(c2nc(Nc3cccc(F)c3)cc(-c3ccc(NC(=O)COCCOCCOCCNC(=O)O)cc3)n2)C1. The Hall–Kier alpha value is -4.66. The number of rotatable bonds is 16. The number of benzene rings is 2. The molecule has 0 radical (unpaired) electrons. The zero-order valence-corrected chi connectivity index (χ0v) is 25.7. The van der Waals surface area contributed by atoms with Gasteiger partial charge in [-0.1, -0.05) is 18.2 Å². The molecule has 0 aliphatic carbocycles. The van der Waals surface area contributed by atoms with E-state index in [-0.39, 0.29) is 56.5 Å². The molecule has 0 spiro atoms. The van der Waals surface area contributed by atoms with Crippen molar-refractivity contribution < 1.29 is 38.1 Å². The molecule has 2 aromatic carbocycles. The third kappa shape index (κ3) is 11.4. The van der Waals surface area contributed by atoms with Gasteiger partial charge in [-0.15, -0.1) is 0 Å². The molecule has 13 nitrogen and oxygen atoms in total. The molecule has 1 aliphatic rings. The van der Waals surface area contributed by atoms with Crippen LogP contribution in [0.2, 0.25) is 0 Å². The summed E-state index contributed by atoms with van der Waals surface area (Å²) in [5.41, 5.74) is 2.57. The fourth-order valence-corrected chi connectivity index (χ4v) is 4.80.